The molecule has 40 heavy (non-hydrogen) atoms. The molecule has 0 atom stereocenters. The minimum Gasteiger partial charge on any atom is -0.507 e. The molecular formula is C34H36O6. The van der Waals surface area contributed by atoms with Crippen LogP contribution in [-0.4, -0.2) is 22.2 Å². The van der Waals surface area contributed by atoms with Crippen molar-refractivity contribution in [1.82, 2.24) is 0 Å². The number of carbonyl (C=O) groups excluding carboxylic acids is 2. The normalized spacial score (nSPS) is 11.2. The third kappa shape index (κ3) is 8.21. The summed E-state index contributed by atoms with van der Waals surface area (Å²) in [5.41, 5.74) is 2.76. The van der Waals surface area contributed by atoms with Crippen LogP contribution in [0.2, 0.25) is 0 Å². The van der Waals surface area contributed by atoms with Gasteiger partial charge in [0.2, 0.25) is 0 Å². The molecule has 0 saturated carbocycles. The zero-order valence-corrected chi connectivity index (χ0v) is 23.8. The summed E-state index contributed by atoms with van der Waals surface area (Å²) in [4.78, 5) is 23.9. The summed E-state index contributed by atoms with van der Waals surface area (Å²) in [6.07, 6.45) is 0. The maximum absolute atomic E-state index is 11.9. The number of rotatable bonds is 4. The Morgan fingerprint density at radius 3 is 1.07 bits per heavy atom. The van der Waals surface area contributed by atoms with Crippen molar-refractivity contribution < 1.29 is 29.3 Å². The lowest BCUT2D eigenvalue weighted by Gasteiger charge is -2.19. The number of esters is 2. The van der Waals surface area contributed by atoms with Crippen LogP contribution in [0, 0.1) is 0 Å². The van der Waals surface area contributed by atoms with E-state index in [1.807, 2.05) is 24.3 Å². The molecular weight excluding hydrogens is 504 g/mol. The lowest BCUT2D eigenvalue weighted by atomic mass is 9.87. The van der Waals surface area contributed by atoms with Crippen LogP contribution in [0.5, 0.6) is 23.0 Å². The Morgan fingerprint density at radius 2 is 0.800 bits per heavy atom. The standard InChI is InChI=1S/2C17H18O3/c2*1-17(2,3)12-8-10-13(11-9-12)20-16(19)14-6-4-5-7-15(14)18/h2*4-11,18H,1-3H3. The summed E-state index contributed by atoms with van der Waals surface area (Å²) in [6.45, 7) is 12.7. The van der Waals surface area contributed by atoms with Crippen molar-refractivity contribution in [1.29, 1.82) is 0 Å². The second kappa shape index (κ2) is 12.5. The zero-order chi connectivity index (χ0) is 29.5. The summed E-state index contributed by atoms with van der Waals surface area (Å²) in [7, 11) is 0. The van der Waals surface area contributed by atoms with Gasteiger partial charge in [0.05, 0.1) is 0 Å². The minimum atomic E-state index is -0.563. The minimum absolute atomic E-state index is 0.0558. The summed E-state index contributed by atoms with van der Waals surface area (Å²) in [5.74, 6) is -0.358. The van der Waals surface area contributed by atoms with Crippen LogP contribution in [0.25, 0.3) is 0 Å². The van der Waals surface area contributed by atoms with Crippen molar-refractivity contribution in [2.24, 2.45) is 0 Å². The lowest BCUT2D eigenvalue weighted by Crippen LogP contribution is -2.11. The molecule has 0 bridgehead atoms. The number of benzene rings is 4. The van der Waals surface area contributed by atoms with Crippen molar-refractivity contribution in [2.45, 2.75) is 52.4 Å². The highest BCUT2D eigenvalue weighted by molar-refractivity contribution is 5.94. The van der Waals surface area contributed by atoms with E-state index in [-0.39, 0.29) is 33.5 Å². The largest absolute Gasteiger partial charge is 0.507 e. The highest BCUT2D eigenvalue weighted by Gasteiger charge is 2.17. The van der Waals surface area contributed by atoms with Gasteiger partial charge >= 0.3 is 11.9 Å². The van der Waals surface area contributed by atoms with Crippen molar-refractivity contribution in [3.8, 4) is 23.0 Å². The first-order valence-corrected chi connectivity index (χ1v) is 13.0. The van der Waals surface area contributed by atoms with E-state index in [2.05, 4.69) is 41.5 Å². The Balaban J connectivity index is 0.000000220. The first-order valence-electron chi connectivity index (χ1n) is 13.0. The predicted octanol–water partition coefficient (Wildman–Crippen LogP) is 7.82. The Labute approximate surface area is 235 Å². The van der Waals surface area contributed by atoms with Crippen molar-refractivity contribution in [2.75, 3.05) is 0 Å². The lowest BCUT2D eigenvalue weighted by molar-refractivity contribution is 0.0721. The number of ether oxygens (including phenoxy) is 2. The van der Waals surface area contributed by atoms with Crippen LogP contribution in [0.15, 0.2) is 97.1 Å². The zero-order valence-electron chi connectivity index (χ0n) is 23.8. The quantitative estimate of drug-likeness (QED) is 0.202. The van der Waals surface area contributed by atoms with Gasteiger partial charge in [-0.15, -0.1) is 0 Å². The van der Waals surface area contributed by atoms with Gasteiger partial charge in [-0.2, -0.15) is 0 Å². The van der Waals surface area contributed by atoms with Crippen molar-refractivity contribution in [3.63, 3.8) is 0 Å². The summed E-state index contributed by atoms with van der Waals surface area (Å²) >= 11 is 0. The highest BCUT2D eigenvalue weighted by atomic mass is 16.5. The molecule has 4 rings (SSSR count). The van der Waals surface area contributed by atoms with E-state index >= 15 is 0 Å². The molecule has 6 heteroatoms. The van der Waals surface area contributed by atoms with Crippen LogP contribution in [-0.2, 0) is 10.8 Å². The van der Waals surface area contributed by atoms with E-state index in [1.165, 1.54) is 35.4 Å². The molecule has 4 aromatic rings. The first kappa shape index (κ1) is 30.0. The SMILES string of the molecule is CC(C)(C)c1ccc(OC(=O)c2ccccc2O)cc1.CC(C)(C)c1ccc(OC(=O)c2ccccc2O)cc1. The molecule has 0 aromatic heterocycles. The van der Waals surface area contributed by atoms with Gasteiger partial charge in [-0.25, -0.2) is 9.59 Å². The number of para-hydroxylation sites is 2. The van der Waals surface area contributed by atoms with Crippen LogP contribution in [0.1, 0.15) is 73.4 Å². The fraction of sp³-hybridized carbons (Fsp3) is 0.235. The van der Waals surface area contributed by atoms with Crippen molar-refractivity contribution in [3.05, 3.63) is 119 Å². The van der Waals surface area contributed by atoms with E-state index in [0.29, 0.717) is 11.5 Å². The molecule has 6 nitrogen and oxygen atoms in total. The average molecular weight is 541 g/mol. The predicted molar refractivity (Wildman–Crippen MR) is 156 cm³/mol. The number of phenols is 2. The van der Waals surface area contributed by atoms with Gasteiger partial charge in [0.25, 0.3) is 0 Å². The molecule has 0 fully saturated rings. The molecule has 0 heterocycles. The van der Waals surface area contributed by atoms with E-state index in [9.17, 15) is 19.8 Å². The molecule has 0 spiro atoms. The fourth-order valence-corrected chi connectivity index (χ4v) is 3.66. The molecule has 2 N–H and O–H groups in total. The van der Waals surface area contributed by atoms with Crippen LogP contribution >= 0.6 is 0 Å². The average Bonchev–Trinajstić information content (AvgIpc) is 2.89. The van der Waals surface area contributed by atoms with E-state index in [1.54, 1.807) is 48.5 Å². The Kier molecular flexibility index (Phi) is 9.38. The number of hydrogen-bond donors (Lipinski definition) is 2. The second-order valence-electron chi connectivity index (χ2n) is 11.4. The van der Waals surface area contributed by atoms with Crippen LogP contribution < -0.4 is 9.47 Å². The number of carbonyl (C=O) groups is 2. The van der Waals surface area contributed by atoms with Gasteiger partial charge in [-0.3, -0.25) is 0 Å². The summed E-state index contributed by atoms with van der Waals surface area (Å²) in [6, 6.07) is 27.4. The smallest absolute Gasteiger partial charge is 0.347 e. The van der Waals surface area contributed by atoms with Gasteiger partial charge in [0, 0.05) is 0 Å². The monoisotopic (exact) mass is 540 g/mol. The molecule has 0 unspecified atom stereocenters. The Morgan fingerprint density at radius 1 is 0.500 bits per heavy atom. The van der Waals surface area contributed by atoms with E-state index in [0.717, 1.165) is 0 Å². The maximum Gasteiger partial charge on any atom is 0.347 e. The maximum atomic E-state index is 11.9. The van der Waals surface area contributed by atoms with Crippen LogP contribution in [0.3, 0.4) is 0 Å². The van der Waals surface area contributed by atoms with Gasteiger partial charge < -0.3 is 19.7 Å². The molecule has 0 aliphatic rings. The third-order valence-corrected chi connectivity index (χ3v) is 6.11. The Hall–Kier alpha value is -4.58. The summed E-state index contributed by atoms with van der Waals surface area (Å²) in [5, 5.41) is 19.2. The fourth-order valence-electron chi connectivity index (χ4n) is 3.66. The molecule has 208 valence electrons. The first-order chi connectivity index (χ1) is 18.8. The van der Waals surface area contributed by atoms with Crippen molar-refractivity contribution >= 4 is 11.9 Å². The molecule has 0 aliphatic heterocycles. The van der Waals surface area contributed by atoms with Gasteiger partial charge in [0.15, 0.2) is 0 Å². The number of hydrogen-bond acceptors (Lipinski definition) is 6. The van der Waals surface area contributed by atoms with Gasteiger partial charge in [-0.1, -0.05) is 90.1 Å². The van der Waals surface area contributed by atoms with Gasteiger partial charge in [-0.05, 0) is 70.5 Å². The third-order valence-electron chi connectivity index (χ3n) is 6.11. The number of phenolic OH excluding ortho intramolecular Hbond substituents is 2. The molecule has 0 amide bonds. The molecule has 4 aromatic carbocycles. The van der Waals surface area contributed by atoms with Crippen LogP contribution in [0.4, 0.5) is 0 Å². The number of aromatic hydroxyl groups is 2. The van der Waals surface area contributed by atoms with E-state index in [4.69, 9.17) is 9.47 Å². The van der Waals surface area contributed by atoms with Gasteiger partial charge in [0.1, 0.15) is 34.1 Å². The molecule has 0 saturated heterocycles. The second-order valence-corrected chi connectivity index (χ2v) is 11.4. The molecule has 0 radical (unpaired) electrons. The highest BCUT2D eigenvalue weighted by Crippen LogP contribution is 2.27. The topological polar surface area (TPSA) is 93.1 Å². The molecule has 0 aliphatic carbocycles. The summed E-state index contributed by atoms with van der Waals surface area (Å²) < 4.78 is 10.5. The van der Waals surface area contributed by atoms with E-state index < -0.39 is 11.9 Å². The Bertz CT molecular complexity index is 1330.